The van der Waals surface area contributed by atoms with E-state index in [1.807, 2.05) is 32.0 Å². The van der Waals surface area contributed by atoms with Gasteiger partial charge in [-0.15, -0.1) is 0 Å². The molecule has 71 heavy (non-hydrogen) atoms. The molecule has 1 fully saturated rings. The van der Waals surface area contributed by atoms with Gasteiger partial charge in [-0.3, -0.25) is 9.69 Å². The molecule has 0 radical (unpaired) electrons. The molecule has 0 saturated carbocycles. The maximum atomic E-state index is 13.4. The summed E-state index contributed by atoms with van der Waals surface area (Å²) >= 11 is 13.0. The number of amides is 1. The van der Waals surface area contributed by atoms with Gasteiger partial charge in [-0.2, -0.15) is 0 Å². The Bertz CT molecular complexity index is 2940. The van der Waals surface area contributed by atoms with Gasteiger partial charge >= 0.3 is 12.1 Å². The lowest BCUT2D eigenvalue weighted by Crippen LogP contribution is -2.47. The van der Waals surface area contributed by atoms with Gasteiger partial charge in [0.05, 0.1) is 22.5 Å². The molecule has 6 aromatic rings. The lowest BCUT2D eigenvalue weighted by Gasteiger charge is -2.36. The molecule has 0 unspecified atom stereocenters. The van der Waals surface area contributed by atoms with Crippen molar-refractivity contribution in [3.8, 4) is 23.0 Å². The van der Waals surface area contributed by atoms with E-state index in [-0.39, 0.29) is 30.6 Å². The molecule has 0 bridgehead atoms. The van der Waals surface area contributed by atoms with Crippen LogP contribution in [0.25, 0.3) is 0 Å². The summed E-state index contributed by atoms with van der Waals surface area (Å²) in [6, 6.07) is 21.8. The first-order valence-electron chi connectivity index (χ1n) is 22.3. The number of carbonyl (C=O) groups excluding carboxylic acids is 3. The number of benzene rings is 4. The zero-order valence-electron chi connectivity index (χ0n) is 38.2. The molecule has 5 heterocycles. The van der Waals surface area contributed by atoms with Crippen LogP contribution in [0, 0.1) is 13.8 Å². The highest BCUT2D eigenvalue weighted by Gasteiger charge is 2.53. The number of aromatic hydroxyl groups is 2. The van der Waals surface area contributed by atoms with Gasteiger partial charge in [0.15, 0.2) is 15.8 Å². The molecule has 1 saturated heterocycles. The molecule has 1 amide bonds. The van der Waals surface area contributed by atoms with Crippen LogP contribution in [0.15, 0.2) is 85.1 Å². The molecule has 23 heteroatoms. The topological polar surface area (TPSA) is 222 Å². The average molecular weight is 1060 g/mol. The van der Waals surface area contributed by atoms with Crippen LogP contribution >= 0.6 is 56.7 Å². The number of esters is 1. The zero-order chi connectivity index (χ0) is 49.6. The van der Waals surface area contributed by atoms with Crippen molar-refractivity contribution in [3.63, 3.8) is 0 Å². The third-order valence-electron chi connectivity index (χ3n) is 11.5. The number of piperazine rings is 1. The van der Waals surface area contributed by atoms with E-state index in [4.69, 9.17) is 42.8 Å². The molecular weight excluding hydrogens is 1010 g/mol. The Hall–Kier alpha value is -6.56. The number of rotatable bonds is 16. The van der Waals surface area contributed by atoms with Crippen molar-refractivity contribution in [3.05, 3.63) is 129 Å². The minimum atomic E-state index is -1.35. The second-order valence-electron chi connectivity index (χ2n) is 16.3. The monoisotopic (exact) mass is 1060 g/mol. The molecule has 0 aliphatic carbocycles. The molecule has 3 aliphatic rings. The number of phenolic OH excluding ortho intramolecular Hbond substituents is 2. The number of hydrogen-bond acceptors (Lipinski definition) is 19. The summed E-state index contributed by atoms with van der Waals surface area (Å²) in [7, 11) is 3.16. The predicted molar refractivity (Wildman–Crippen MR) is 279 cm³/mol. The number of para-hydroxylation sites is 1. The lowest BCUT2D eigenvalue weighted by atomic mass is 9.77. The number of thiazole rings is 1. The van der Waals surface area contributed by atoms with Gasteiger partial charge < -0.3 is 55.3 Å². The number of halogens is 1. The van der Waals surface area contributed by atoms with Crippen LogP contribution in [0.1, 0.15) is 48.1 Å². The fourth-order valence-corrected chi connectivity index (χ4v) is 11.2. The van der Waals surface area contributed by atoms with E-state index < -0.39 is 17.7 Å². The van der Waals surface area contributed by atoms with E-state index >= 15 is 0 Å². The van der Waals surface area contributed by atoms with Crippen LogP contribution in [0.2, 0.25) is 5.02 Å². The van der Waals surface area contributed by atoms with E-state index in [0.29, 0.717) is 102 Å². The summed E-state index contributed by atoms with van der Waals surface area (Å²) in [5.41, 5.74) is 2.68. The van der Waals surface area contributed by atoms with Gasteiger partial charge in [-0.25, -0.2) is 24.5 Å². The number of fused-ring (bicyclic) bond motifs is 6. The van der Waals surface area contributed by atoms with Gasteiger partial charge in [-0.1, -0.05) is 62.7 Å². The number of phenols is 2. The van der Waals surface area contributed by atoms with Gasteiger partial charge in [0.2, 0.25) is 0 Å². The molecule has 4 aromatic carbocycles. The molecule has 3 aliphatic heterocycles. The van der Waals surface area contributed by atoms with E-state index in [0.717, 1.165) is 37.6 Å². The van der Waals surface area contributed by atoms with E-state index in [1.54, 1.807) is 58.0 Å². The summed E-state index contributed by atoms with van der Waals surface area (Å²) in [6.45, 7) is 8.18. The largest absolute Gasteiger partial charge is 0.508 e. The Morgan fingerprint density at radius 3 is 2.35 bits per heavy atom. The number of hydrogen-bond donors (Lipinski definition) is 6. The van der Waals surface area contributed by atoms with Crippen molar-refractivity contribution in [2.75, 3.05) is 84.8 Å². The number of nitrogens with zero attached hydrogens (tertiary/aromatic N) is 5. The van der Waals surface area contributed by atoms with Gasteiger partial charge in [0.25, 0.3) is 5.91 Å². The van der Waals surface area contributed by atoms with Crippen LogP contribution in [0.4, 0.5) is 32.9 Å². The number of nitrogens with one attached hydrogen (secondary N) is 4. The number of anilines is 5. The van der Waals surface area contributed by atoms with Gasteiger partial charge in [0.1, 0.15) is 58.5 Å². The summed E-state index contributed by atoms with van der Waals surface area (Å²) < 4.78 is 22.8. The molecule has 368 valence electrons. The molecule has 9 rings (SSSR count). The van der Waals surface area contributed by atoms with Crippen molar-refractivity contribution < 1.29 is 43.5 Å². The van der Waals surface area contributed by atoms with Crippen molar-refractivity contribution in [1.29, 1.82) is 0 Å². The predicted octanol–water partition coefficient (Wildman–Crippen LogP) is 8.82. The second kappa shape index (κ2) is 21.8. The van der Waals surface area contributed by atoms with E-state index in [9.17, 15) is 24.6 Å². The van der Waals surface area contributed by atoms with Crippen molar-refractivity contribution in [2.24, 2.45) is 0 Å². The quantitative estimate of drug-likeness (QED) is 0.0231. The average Bonchev–Trinajstić information content (AvgIpc) is 3.92. The van der Waals surface area contributed by atoms with Crippen LogP contribution in [-0.2, 0) is 19.8 Å². The number of aromatic nitrogens is 3. The summed E-state index contributed by atoms with van der Waals surface area (Å²) in [4.78, 5) is 57.0. The summed E-state index contributed by atoms with van der Waals surface area (Å²) in [6.07, 6.45) is 0.809. The van der Waals surface area contributed by atoms with Crippen LogP contribution in [0.5, 0.6) is 23.0 Å². The molecule has 6 N–H and O–H groups in total. The maximum Gasteiger partial charge on any atom is 0.508 e. The van der Waals surface area contributed by atoms with Gasteiger partial charge in [-0.05, 0) is 74.1 Å². The van der Waals surface area contributed by atoms with Crippen molar-refractivity contribution >= 4 is 108 Å². The van der Waals surface area contributed by atoms with Crippen molar-refractivity contribution in [2.45, 2.75) is 19.4 Å². The Kier molecular flexibility index (Phi) is 15.2. The molecule has 18 nitrogen and oxygen atoms in total. The first kappa shape index (κ1) is 49.4. The minimum absolute atomic E-state index is 0.0194. The van der Waals surface area contributed by atoms with E-state index in [2.05, 4.69) is 46.0 Å². The molecule has 1 spiro atoms. The highest BCUT2D eigenvalue weighted by molar-refractivity contribution is 8.76. The number of thiocarbonyl (C=S) groups is 1. The normalized spacial score (nSPS) is 14.4. The zero-order valence-corrected chi connectivity index (χ0v) is 42.2. The number of aryl methyl sites for hydroxylation is 2. The third kappa shape index (κ3) is 11.3. The number of ether oxygens (including phenoxy) is 4. The lowest BCUT2D eigenvalue weighted by molar-refractivity contribution is 0.0223. The van der Waals surface area contributed by atoms with Gasteiger partial charge in [0, 0.05) is 91.4 Å². The van der Waals surface area contributed by atoms with Crippen molar-refractivity contribution in [1.82, 2.24) is 25.2 Å². The SMILES string of the molecule is Cc1nc(Nc2ncc(C(=O)Nc3c(C)cccc3Cl)s2)cc(N2CCN(CCOC(=O)OCCSSCCNC(=S)Nc3ccc4c(c3)C(=O)OC43c4ccc(O)cc4Oc4cc(O)ccc43)CC2)n1. The number of carbonyl (C=O) groups is 3. The fraction of sp³-hybridized carbons (Fsp3) is 0.271. The summed E-state index contributed by atoms with van der Waals surface area (Å²) in [5.74, 6) is 2.95. The Morgan fingerprint density at radius 2 is 1.61 bits per heavy atom. The Morgan fingerprint density at radius 1 is 0.887 bits per heavy atom. The third-order valence-corrected chi connectivity index (χ3v) is 15.4. The molecule has 0 atom stereocenters. The van der Waals surface area contributed by atoms with E-state index in [1.165, 1.54) is 41.8 Å². The van der Waals surface area contributed by atoms with Crippen LogP contribution in [-0.4, -0.2) is 117 Å². The minimum Gasteiger partial charge on any atom is -0.508 e. The fourth-order valence-electron chi connectivity index (χ4n) is 8.23. The highest BCUT2D eigenvalue weighted by Crippen LogP contribution is 2.57. The maximum absolute atomic E-state index is 13.4. The standard InChI is InChI=1S/C48H46ClN9O9S4/c1-27-4-3-5-36(49)42(27)56-43(61)39-26-51-46(71-39)55-40-25-41(53-28(2)52-40)58-15-13-57(14-16-58)17-18-64-47(63)65-19-21-70-69-20-12-50-45(68)54-29-6-9-33-32(22-29)44(62)67-48(33)34-10-7-30(59)23-37(34)66-38-24-31(60)8-11-35(38)48/h3-11,22-26,59-60H,12-21H2,1-2H3,(H,56,61)(H2,50,54,68)(H,51,52,53,55). The van der Waals surface area contributed by atoms with Crippen LogP contribution < -0.4 is 30.9 Å². The van der Waals surface area contributed by atoms with Crippen LogP contribution in [0.3, 0.4) is 0 Å². The second-order valence-corrected chi connectivity index (χ2v) is 20.8. The molecule has 2 aromatic heterocycles. The Labute approximate surface area is 430 Å². The Balaban J connectivity index is 0.640. The summed E-state index contributed by atoms with van der Waals surface area (Å²) in [5, 5.41) is 34.1. The first-order chi connectivity index (χ1) is 34.3. The molecular formula is C48H46ClN9O9S4. The first-order valence-corrected chi connectivity index (χ1v) is 26.4. The smallest absolute Gasteiger partial charge is 0.508 e. The highest BCUT2D eigenvalue weighted by atomic mass is 35.5.